The summed E-state index contributed by atoms with van der Waals surface area (Å²) >= 11 is 0. The molecule has 13 heteroatoms. The highest BCUT2D eigenvalue weighted by Gasteiger charge is 2.60. The van der Waals surface area contributed by atoms with E-state index in [1.54, 1.807) is 44.2 Å². The molecule has 2 heterocycles. The van der Waals surface area contributed by atoms with Crippen LogP contribution in [0, 0.1) is 6.92 Å². The fourth-order valence-corrected chi connectivity index (χ4v) is 4.54. The van der Waals surface area contributed by atoms with Crippen LogP contribution in [0.3, 0.4) is 0 Å². The van der Waals surface area contributed by atoms with Gasteiger partial charge in [-0.3, -0.25) is 18.5 Å². The fourth-order valence-electron chi connectivity index (χ4n) is 3.94. The Morgan fingerprint density at radius 1 is 1.15 bits per heavy atom. The fraction of sp³-hybridized carbons (Fsp3) is 0.524. The Labute approximate surface area is 193 Å². The molecule has 0 saturated carbocycles. The summed E-state index contributed by atoms with van der Waals surface area (Å²) in [5.74, 6) is 0. The van der Waals surface area contributed by atoms with Crippen LogP contribution >= 0.6 is 0 Å². The largest absolute Gasteiger partial charge is 0.523 e. The Morgan fingerprint density at radius 2 is 1.76 bits per heavy atom. The van der Waals surface area contributed by atoms with Crippen LogP contribution in [-0.4, -0.2) is 41.3 Å². The Morgan fingerprint density at radius 3 is 2.32 bits per heavy atom. The number of ether oxygens (including phenoxy) is 2. The lowest BCUT2D eigenvalue weighted by Gasteiger charge is -2.33. The minimum absolute atomic E-state index is 0.0629. The highest BCUT2D eigenvalue weighted by molar-refractivity contribution is 7.87. The maximum absolute atomic E-state index is 13.2. The molecule has 188 valence electrons. The number of benzene rings is 1. The molecule has 1 N–H and O–H groups in total. The smallest absolute Gasteiger partial charge is 0.368 e. The third kappa shape index (κ3) is 4.97. The van der Waals surface area contributed by atoms with Gasteiger partial charge in [0.2, 0.25) is 0 Å². The van der Waals surface area contributed by atoms with Crippen LogP contribution < -0.4 is 11.2 Å². The van der Waals surface area contributed by atoms with Gasteiger partial charge in [0, 0.05) is 11.8 Å². The summed E-state index contributed by atoms with van der Waals surface area (Å²) in [5, 5.41) is 0. The summed E-state index contributed by atoms with van der Waals surface area (Å²) < 4.78 is 81.2. The van der Waals surface area contributed by atoms with Gasteiger partial charge < -0.3 is 9.47 Å². The number of alkyl halides is 3. The molecule has 1 saturated heterocycles. The van der Waals surface area contributed by atoms with Crippen molar-refractivity contribution in [2.75, 3.05) is 0 Å². The predicted octanol–water partition coefficient (Wildman–Crippen LogP) is 2.75. The monoisotopic (exact) mass is 506 g/mol. The first kappa shape index (κ1) is 26.1. The molecule has 0 aliphatic carbocycles. The minimum atomic E-state index is -6.08. The average Bonchev–Trinajstić information content (AvgIpc) is 3.07. The summed E-state index contributed by atoms with van der Waals surface area (Å²) in [6.45, 7) is 4.69. The Balaban J connectivity index is 2.13. The van der Waals surface area contributed by atoms with E-state index in [2.05, 4.69) is 4.18 Å². The molecule has 1 unspecified atom stereocenters. The van der Waals surface area contributed by atoms with E-state index in [0.29, 0.717) is 5.56 Å². The topological polar surface area (TPSA) is 117 Å². The molecule has 3 atom stereocenters. The molecule has 0 bridgehead atoms. The van der Waals surface area contributed by atoms with E-state index >= 15 is 0 Å². The van der Waals surface area contributed by atoms with Crippen molar-refractivity contribution in [3.8, 4) is 0 Å². The molecule has 0 amide bonds. The van der Waals surface area contributed by atoms with Crippen molar-refractivity contribution in [1.29, 1.82) is 0 Å². The van der Waals surface area contributed by atoms with E-state index in [9.17, 15) is 31.2 Å². The first-order valence-corrected chi connectivity index (χ1v) is 11.9. The van der Waals surface area contributed by atoms with Gasteiger partial charge in [0.05, 0.1) is 12.2 Å². The number of nitrogens with one attached hydrogen (secondary N) is 1. The average molecular weight is 506 g/mol. The van der Waals surface area contributed by atoms with Crippen LogP contribution in [0.4, 0.5) is 13.2 Å². The van der Waals surface area contributed by atoms with Gasteiger partial charge >= 0.3 is 21.3 Å². The Kier molecular flexibility index (Phi) is 7.41. The van der Waals surface area contributed by atoms with Gasteiger partial charge in [0.25, 0.3) is 5.56 Å². The number of aromatic amines is 1. The van der Waals surface area contributed by atoms with Gasteiger partial charge in [-0.15, -0.1) is 0 Å². The van der Waals surface area contributed by atoms with Crippen molar-refractivity contribution in [3.05, 3.63) is 68.5 Å². The lowest BCUT2D eigenvalue weighted by atomic mass is 9.89. The molecule has 1 aliphatic heterocycles. The zero-order valence-corrected chi connectivity index (χ0v) is 19.5. The maximum atomic E-state index is 13.2. The summed E-state index contributed by atoms with van der Waals surface area (Å²) in [6.07, 6.45) is -3.30. The standard InChI is InChI=1S/C21H25F3N2O7S/c1-4-20(5-2)16(31-12-14-9-7-6-8-10-14)15(33-34(29,30)21(22,23)24)18(32-20)26-11-13(3)17(27)25-19(26)28/h6-11,15-16,18H,4-5,12H2,1-3H3,(H,25,27,28)/t15-,16?,18+/m0/s1. The molecule has 3 rings (SSSR count). The highest BCUT2D eigenvalue weighted by Crippen LogP contribution is 2.46. The van der Waals surface area contributed by atoms with E-state index in [1.165, 1.54) is 6.92 Å². The number of halogens is 3. The predicted molar refractivity (Wildman–Crippen MR) is 114 cm³/mol. The summed E-state index contributed by atoms with van der Waals surface area (Å²) in [4.78, 5) is 26.4. The van der Waals surface area contributed by atoms with Gasteiger partial charge in [0.1, 0.15) is 6.10 Å². The lowest BCUT2D eigenvalue weighted by Crippen LogP contribution is -2.47. The summed E-state index contributed by atoms with van der Waals surface area (Å²) in [5.41, 5.74) is -7.95. The van der Waals surface area contributed by atoms with E-state index in [4.69, 9.17) is 9.47 Å². The summed E-state index contributed by atoms with van der Waals surface area (Å²) in [6, 6.07) is 8.71. The van der Waals surface area contributed by atoms with Crippen molar-refractivity contribution >= 4 is 10.1 Å². The number of nitrogens with zero attached hydrogens (tertiary/aromatic N) is 1. The van der Waals surface area contributed by atoms with Gasteiger partial charge in [-0.1, -0.05) is 44.2 Å². The first-order chi connectivity index (χ1) is 15.8. The molecule has 2 aromatic rings. The lowest BCUT2D eigenvalue weighted by molar-refractivity contribution is -0.125. The molecule has 9 nitrogen and oxygen atoms in total. The molecule has 0 radical (unpaired) electrons. The van der Waals surface area contributed by atoms with Gasteiger partial charge in [-0.05, 0) is 25.3 Å². The Hall–Kier alpha value is -2.48. The summed E-state index contributed by atoms with van der Waals surface area (Å²) in [7, 11) is -6.08. The molecule has 1 fully saturated rings. The van der Waals surface area contributed by atoms with Gasteiger partial charge in [-0.2, -0.15) is 21.6 Å². The number of aromatic nitrogens is 2. The first-order valence-electron chi connectivity index (χ1n) is 10.5. The van der Waals surface area contributed by atoms with Crippen LogP contribution in [-0.2, 0) is 30.4 Å². The second kappa shape index (κ2) is 9.64. The van der Waals surface area contributed by atoms with Gasteiger partial charge in [-0.25, -0.2) is 4.79 Å². The molecular weight excluding hydrogens is 481 g/mol. The zero-order chi connectivity index (χ0) is 25.3. The molecule has 1 aliphatic rings. The van der Waals surface area contributed by atoms with Crippen molar-refractivity contribution in [1.82, 2.24) is 9.55 Å². The second-order valence-corrected chi connectivity index (χ2v) is 9.50. The van der Waals surface area contributed by atoms with E-state index in [-0.39, 0.29) is 25.0 Å². The normalized spacial score (nSPS) is 22.7. The van der Waals surface area contributed by atoms with Crippen LogP contribution in [0.5, 0.6) is 0 Å². The number of H-pyrrole nitrogens is 1. The number of hydrogen-bond acceptors (Lipinski definition) is 7. The maximum Gasteiger partial charge on any atom is 0.523 e. The molecular formula is C21H25F3N2O7S. The highest BCUT2D eigenvalue weighted by atomic mass is 32.2. The quantitative estimate of drug-likeness (QED) is 0.432. The molecule has 1 aromatic heterocycles. The molecule has 0 spiro atoms. The van der Waals surface area contributed by atoms with Crippen molar-refractivity contribution in [3.63, 3.8) is 0 Å². The molecule has 34 heavy (non-hydrogen) atoms. The second-order valence-electron chi connectivity index (χ2n) is 7.94. The van der Waals surface area contributed by atoms with Crippen LogP contribution in [0.1, 0.15) is 44.0 Å². The van der Waals surface area contributed by atoms with Gasteiger partial charge in [0.15, 0.2) is 12.3 Å². The van der Waals surface area contributed by atoms with E-state index in [0.717, 1.165) is 10.8 Å². The van der Waals surface area contributed by atoms with Crippen LogP contribution in [0.25, 0.3) is 0 Å². The zero-order valence-electron chi connectivity index (χ0n) is 18.7. The van der Waals surface area contributed by atoms with E-state index in [1.807, 2.05) is 4.98 Å². The number of aryl methyl sites for hydroxylation is 1. The van der Waals surface area contributed by atoms with Crippen LogP contribution in [0.2, 0.25) is 0 Å². The number of hydrogen-bond donors (Lipinski definition) is 1. The number of rotatable bonds is 8. The van der Waals surface area contributed by atoms with E-state index < -0.39 is 50.9 Å². The molecule has 1 aromatic carbocycles. The third-order valence-electron chi connectivity index (χ3n) is 5.86. The Bertz CT molecular complexity index is 1220. The van der Waals surface area contributed by atoms with Crippen molar-refractivity contribution in [2.24, 2.45) is 0 Å². The third-order valence-corrected chi connectivity index (χ3v) is 6.91. The minimum Gasteiger partial charge on any atom is -0.368 e. The van der Waals surface area contributed by atoms with Crippen molar-refractivity contribution < 1.29 is 35.2 Å². The van der Waals surface area contributed by atoms with Crippen molar-refractivity contribution in [2.45, 2.75) is 69.8 Å². The van der Waals surface area contributed by atoms with Crippen LogP contribution in [0.15, 0.2) is 46.1 Å². The SMILES string of the molecule is CCC1(CC)O[C@@H](n2cc(C)c(=O)[nH]c2=O)[C@@H](OS(=O)(=O)C(F)(F)F)C1OCc1ccccc1.